The number of carbonyl (C=O) groups excluding carboxylic acids is 2. The Balaban J connectivity index is 1.42. The summed E-state index contributed by atoms with van der Waals surface area (Å²) in [7, 11) is 2.15. The molecule has 2 amide bonds. The SMILES string of the molecule is CN1CCN(CCCOc2ccc3c(C(=N)C4CCC(=O)NC4=O)c(O)ccc3c2)CC1. The number of nitrogens with zero attached hydrogens (tertiary/aromatic N) is 2. The van der Waals surface area contributed by atoms with Gasteiger partial charge in [-0.2, -0.15) is 0 Å². The first kappa shape index (κ1) is 22.2. The van der Waals surface area contributed by atoms with Crippen molar-refractivity contribution < 1.29 is 19.4 Å². The number of piperazine rings is 1. The molecule has 2 aliphatic heterocycles. The van der Waals surface area contributed by atoms with Crippen LogP contribution in [0.25, 0.3) is 10.8 Å². The highest BCUT2D eigenvalue weighted by Crippen LogP contribution is 2.33. The van der Waals surface area contributed by atoms with Crippen molar-refractivity contribution in [2.75, 3.05) is 46.4 Å². The van der Waals surface area contributed by atoms with Gasteiger partial charge in [0.2, 0.25) is 11.8 Å². The molecule has 2 aliphatic rings. The fourth-order valence-corrected chi connectivity index (χ4v) is 4.36. The van der Waals surface area contributed by atoms with Gasteiger partial charge >= 0.3 is 0 Å². The lowest BCUT2D eigenvalue weighted by Crippen LogP contribution is -2.44. The fraction of sp³-hybridized carbons (Fsp3) is 0.458. The number of piperidine rings is 1. The molecule has 3 N–H and O–H groups in total. The van der Waals surface area contributed by atoms with Gasteiger partial charge in [-0.1, -0.05) is 6.07 Å². The van der Waals surface area contributed by atoms with Crippen LogP contribution in [0.5, 0.6) is 11.5 Å². The van der Waals surface area contributed by atoms with Crippen LogP contribution in [0.3, 0.4) is 0 Å². The van der Waals surface area contributed by atoms with Crippen LogP contribution in [-0.4, -0.2) is 78.8 Å². The topological polar surface area (TPSA) is 106 Å². The molecule has 2 fully saturated rings. The lowest BCUT2D eigenvalue weighted by atomic mass is 9.86. The van der Waals surface area contributed by atoms with Crippen molar-refractivity contribution in [3.05, 3.63) is 35.9 Å². The van der Waals surface area contributed by atoms with Gasteiger partial charge in [0, 0.05) is 44.7 Å². The Labute approximate surface area is 187 Å². The molecule has 2 heterocycles. The molecular formula is C24H30N4O4. The largest absolute Gasteiger partial charge is 0.507 e. The van der Waals surface area contributed by atoms with E-state index in [0.717, 1.165) is 50.3 Å². The van der Waals surface area contributed by atoms with E-state index in [9.17, 15) is 14.7 Å². The monoisotopic (exact) mass is 438 g/mol. The molecule has 0 spiro atoms. The van der Waals surface area contributed by atoms with Gasteiger partial charge in [-0.3, -0.25) is 14.9 Å². The number of phenolic OH excluding ortho intramolecular Hbond substituents is 1. The molecule has 0 aliphatic carbocycles. The lowest BCUT2D eigenvalue weighted by Gasteiger charge is -2.32. The van der Waals surface area contributed by atoms with Gasteiger partial charge in [-0.25, -0.2) is 0 Å². The standard InChI is InChI=1S/C24H30N4O4/c1-27-10-12-28(13-11-27)9-2-14-32-17-4-5-18-16(15-17)3-7-20(29)22(18)23(25)19-6-8-21(30)26-24(19)31/h3-5,7,15,19,25,29H,2,6,8-14H2,1H3,(H,26,30,31). The molecule has 0 saturated carbocycles. The average molecular weight is 439 g/mol. The van der Waals surface area contributed by atoms with Crippen LogP contribution in [0.2, 0.25) is 0 Å². The zero-order valence-corrected chi connectivity index (χ0v) is 18.4. The zero-order valence-electron chi connectivity index (χ0n) is 18.4. The van der Waals surface area contributed by atoms with Crippen molar-refractivity contribution in [1.29, 1.82) is 5.41 Å². The van der Waals surface area contributed by atoms with Crippen LogP contribution in [-0.2, 0) is 9.59 Å². The number of ether oxygens (including phenoxy) is 1. The molecule has 0 radical (unpaired) electrons. The van der Waals surface area contributed by atoms with Crippen LogP contribution in [0.1, 0.15) is 24.8 Å². The highest BCUT2D eigenvalue weighted by Gasteiger charge is 2.32. The molecule has 0 bridgehead atoms. The second kappa shape index (κ2) is 9.67. The van der Waals surface area contributed by atoms with Gasteiger partial charge in [0.25, 0.3) is 0 Å². The number of likely N-dealkylation sites (N-methyl/N-ethyl adjacent to an activating group) is 1. The number of phenols is 1. The normalized spacial score (nSPS) is 20.3. The van der Waals surface area contributed by atoms with E-state index in [0.29, 0.717) is 17.6 Å². The minimum absolute atomic E-state index is 0.0268. The first-order valence-corrected chi connectivity index (χ1v) is 11.1. The van der Waals surface area contributed by atoms with Crippen LogP contribution in [0, 0.1) is 11.3 Å². The van der Waals surface area contributed by atoms with E-state index in [1.54, 1.807) is 6.07 Å². The number of hydrogen-bond acceptors (Lipinski definition) is 7. The molecule has 0 aromatic heterocycles. The minimum Gasteiger partial charge on any atom is -0.507 e. The summed E-state index contributed by atoms with van der Waals surface area (Å²) in [6.45, 7) is 6.04. The van der Waals surface area contributed by atoms with Crippen molar-refractivity contribution in [2.24, 2.45) is 5.92 Å². The summed E-state index contributed by atoms with van der Waals surface area (Å²) in [5, 5.41) is 22.8. The second-order valence-electron chi connectivity index (χ2n) is 8.61. The molecule has 2 aromatic carbocycles. The van der Waals surface area contributed by atoms with E-state index in [1.807, 2.05) is 18.2 Å². The Hall–Kier alpha value is -2.97. The van der Waals surface area contributed by atoms with E-state index in [-0.39, 0.29) is 30.2 Å². The number of rotatable bonds is 7. The highest BCUT2D eigenvalue weighted by atomic mass is 16.5. The van der Waals surface area contributed by atoms with Crippen LogP contribution in [0.15, 0.2) is 30.3 Å². The van der Waals surface area contributed by atoms with Crippen LogP contribution < -0.4 is 10.1 Å². The Kier molecular flexibility index (Phi) is 6.72. The van der Waals surface area contributed by atoms with Gasteiger partial charge in [-0.15, -0.1) is 0 Å². The van der Waals surface area contributed by atoms with Crippen molar-refractivity contribution in [3.8, 4) is 11.5 Å². The van der Waals surface area contributed by atoms with Gasteiger partial charge < -0.3 is 25.1 Å². The predicted molar refractivity (Wildman–Crippen MR) is 122 cm³/mol. The van der Waals surface area contributed by atoms with Crippen LogP contribution >= 0.6 is 0 Å². The van der Waals surface area contributed by atoms with Gasteiger partial charge in [0.05, 0.1) is 18.2 Å². The quantitative estimate of drug-likeness (QED) is 0.347. The third-order valence-corrected chi connectivity index (χ3v) is 6.31. The van der Waals surface area contributed by atoms with E-state index >= 15 is 0 Å². The highest BCUT2D eigenvalue weighted by molar-refractivity contribution is 6.21. The van der Waals surface area contributed by atoms with Crippen molar-refractivity contribution in [1.82, 2.24) is 15.1 Å². The number of benzene rings is 2. The molecule has 8 nitrogen and oxygen atoms in total. The molecule has 32 heavy (non-hydrogen) atoms. The molecule has 2 saturated heterocycles. The first-order chi connectivity index (χ1) is 15.4. The van der Waals surface area contributed by atoms with E-state index in [4.69, 9.17) is 10.1 Å². The summed E-state index contributed by atoms with van der Waals surface area (Å²) in [5.74, 6) is -0.874. The smallest absolute Gasteiger partial charge is 0.235 e. The number of carbonyl (C=O) groups is 2. The number of nitrogens with one attached hydrogen (secondary N) is 2. The lowest BCUT2D eigenvalue weighted by molar-refractivity contribution is -0.134. The maximum absolute atomic E-state index is 12.2. The number of fused-ring (bicyclic) bond motifs is 1. The van der Waals surface area contributed by atoms with Gasteiger partial charge in [0.15, 0.2) is 0 Å². The maximum Gasteiger partial charge on any atom is 0.235 e. The Morgan fingerprint density at radius 3 is 2.72 bits per heavy atom. The molecule has 1 unspecified atom stereocenters. The van der Waals surface area contributed by atoms with Crippen molar-refractivity contribution >= 4 is 28.3 Å². The van der Waals surface area contributed by atoms with Gasteiger partial charge in [-0.05, 0) is 54.9 Å². The molecular weight excluding hydrogens is 408 g/mol. The third-order valence-electron chi connectivity index (χ3n) is 6.31. The molecule has 2 aromatic rings. The number of hydrogen-bond donors (Lipinski definition) is 3. The van der Waals surface area contributed by atoms with Crippen molar-refractivity contribution in [3.63, 3.8) is 0 Å². The Morgan fingerprint density at radius 1 is 1.19 bits per heavy atom. The Bertz CT molecular complexity index is 1030. The molecule has 8 heteroatoms. The van der Waals surface area contributed by atoms with E-state index in [2.05, 4.69) is 22.2 Å². The number of imide groups is 1. The summed E-state index contributed by atoms with van der Waals surface area (Å²) in [6, 6.07) is 8.86. The molecule has 1 atom stereocenters. The summed E-state index contributed by atoms with van der Waals surface area (Å²) in [6.07, 6.45) is 1.41. The van der Waals surface area contributed by atoms with Crippen molar-refractivity contribution in [2.45, 2.75) is 19.3 Å². The Morgan fingerprint density at radius 2 is 1.97 bits per heavy atom. The zero-order chi connectivity index (χ0) is 22.7. The first-order valence-electron chi connectivity index (χ1n) is 11.1. The average Bonchev–Trinajstić information content (AvgIpc) is 2.77. The van der Waals surface area contributed by atoms with E-state index < -0.39 is 11.8 Å². The maximum atomic E-state index is 12.2. The third kappa shape index (κ3) is 4.92. The molecule has 170 valence electrons. The fourth-order valence-electron chi connectivity index (χ4n) is 4.36. The summed E-state index contributed by atoms with van der Waals surface area (Å²) < 4.78 is 5.95. The molecule has 4 rings (SSSR count). The second-order valence-corrected chi connectivity index (χ2v) is 8.61. The number of amides is 2. The predicted octanol–water partition coefficient (Wildman–Crippen LogP) is 1.98. The van der Waals surface area contributed by atoms with Gasteiger partial charge in [0.1, 0.15) is 11.5 Å². The minimum atomic E-state index is -0.755. The number of aromatic hydroxyl groups is 1. The summed E-state index contributed by atoms with van der Waals surface area (Å²) in [5.41, 5.74) is 0.359. The van der Waals surface area contributed by atoms with Crippen LogP contribution in [0.4, 0.5) is 0 Å². The summed E-state index contributed by atoms with van der Waals surface area (Å²) >= 11 is 0. The summed E-state index contributed by atoms with van der Waals surface area (Å²) in [4.78, 5) is 28.5. The van der Waals surface area contributed by atoms with E-state index in [1.165, 1.54) is 6.07 Å².